The fourth-order valence-electron chi connectivity index (χ4n) is 1.11. The van der Waals surface area contributed by atoms with E-state index in [9.17, 15) is 0 Å². The first-order valence-electron chi connectivity index (χ1n) is 4.33. The van der Waals surface area contributed by atoms with Gasteiger partial charge < -0.3 is 5.73 Å². The van der Waals surface area contributed by atoms with Crippen molar-refractivity contribution in [2.24, 2.45) is 5.73 Å². The summed E-state index contributed by atoms with van der Waals surface area (Å²) in [6.45, 7) is 2.34. The Balaban J connectivity index is 2.33. The van der Waals surface area contributed by atoms with Gasteiger partial charge in [0.25, 0.3) is 0 Å². The van der Waals surface area contributed by atoms with Crippen molar-refractivity contribution in [2.75, 3.05) is 0 Å². The molecule has 2 heterocycles. The van der Waals surface area contributed by atoms with Gasteiger partial charge in [-0.25, -0.2) is 9.67 Å². The van der Waals surface area contributed by atoms with Crippen LogP contribution in [-0.4, -0.2) is 19.7 Å². The largest absolute Gasteiger partial charge is 0.325 e. The molecule has 0 bridgehead atoms. The molecule has 0 aromatic carbocycles. The Morgan fingerprint density at radius 1 is 1.36 bits per heavy atom. The summed E-state index contributed by atoms with van der Waals surface area (Å²) in [4.78, 5) is 8.33. The second-order valence-corrected chi connectivity index (χ2v) is 2.97. The fourth-order valence-corrected chi connectivity index (χ4v) is 1.11. The van der Waals surface area contributed by atoms with Crippen LogP contribution in [0.2, 0.25) is 0 Å². The lowest BCUT2D eigenvalue weighted by molar-refractivity contribution is 0.814. The molecule has 2 N–H and O–H groups in total. The van der Waals surface area contributed by atoms with Gasteiger partial charge in [-0.15, -0.1) is 0 Å². The van der Waals surface area contributed by atoms with E-state index in [4.69, 9.17) is 5.73 Å². The minimum atomic E-state index is 0.408. The summed E-state index contributed by atoms with van der Waals surface area (Å²) in [6.07, 6.45) is 5.17. The molecule has 14 heavy (non-hydrogen) atoms. The van der Waals surface area contributed by atoms with Gasteiger partial charge in [0, 0.05) is 12.7 Å². The third-order valence-electron chi connectivity index (χ3n) is 1.86. The van der Waals surface area contributed by atoms with Gasteiger partial charge in [0.2, 0.25) is 0 Å². The summed E-state index contributed by atoms with van der Waals surface area (Å²) in [5.41, 5.74) is 7.15. The predicted octanol–water partition coefficient (Wildman–Crippen LogP) is 0.429. The Morgan fingerprint density at radius 3 is 2.71 bits per heavy atom. The third kappa shape index (κ3) is 1.62. The molecule has 0 unspecified atom stereocenters. The molecule has 0 aliphatic heterocycles. The number of nitrogens with zero attached hydrogens (tertiary/aromatic N) is 4. The van der Waals surface area contributed by atoms with Gasteiger partial charge in [0.05, 0.1) is 23.8 Å². The molecule has 0 fully saturated rings. The van der Waals surface area contributed by atoms with Crippen LogP contribution in [0.25, 0.3) is 5.82 Å². The number of aromatic nitrogens is 4. The normalized spacial score (nSPS) is 10.4. The van der Waals surface area contributed by atoms with E-state index in [1.165, 1.54) is 0 Å². The van der Waals surface area contributed by atoms with Gasteiger partial charge in [-0.1, -0.05) is 0 Å². The van der Waals surface area contributed by atoms with Crippen molar-refractivity contribution in [1.29, 1.82) is 0 Å². The molecule has 0 radical (unpaired) electrons. The first kappa shape index (κ1) is 8.83. The number of hydrogen-bond acceptors (Lipinski definition) is 4. The second-order valence-electron chi connectivity index (χ2n) is 2.97. The van der Waals surface area contributed by atoms with Crippen LogP contribution in [0.4, 0.5) is 0 Å². The molecule has 0 spiro atoms. The molecule has 2 aromatic rings. The Hall–Kier alpha value is -1.75. The zero-order valence-electron chi connectivity index (χ0n) is 7.88. The van der Waals surface area contributed by atoms with Crippen molar-refractivity contribution in [3.63, 3.8) is 0 Å². The van der Waals surface area contributed by atoms with Gasteiger partial charge >= 0.3 is 0 Å². The maximum atomic E-state index is 5.42. The summed E-state index contributed by atoms with van der Waals surface area (Å²) in [7, 11) is 0. The molecule has 72 valence electrons. The van der Waals surface area contributed by atoms with Gasteiger partial charge in [0.1, 0.15) is 0 Å². The Morgan fingerprint density at radius 2 is 2.21 bits per heavy atom. The van der Waals surface area contributed by atoms with E-state index in [-0.39, 0.29) is 0 Å². The summed E-state index contributed by atoms with van der Waals surface area (Å²) < 4.78 is 1.68. The van der Waals surface area contributed by atoms with E-state index >= 15 is 0 Å². The van der Waals surface area contributed by atoms with Gasteiger partial charge in [-0.2, -0.15) is 5.10 Å². The van der Waals surface area contributed by atoms with Crippen LogP contribution in [0.3, 0.4) is 0 Å². The molecular weight excluding hydrogens is 178 g/mol. The molecule has 5 nitrogen and oxygen atoms in total. The number of hydrogen-bond donors (Lipinski definition) is 1. The predicted molar refractivity (Wildman–Crippen MR) is 51.8 cm³/mol. The molecule has 0 amide bonds. The van der Waals surface area contributed by atoms with E-state index in [1.54, 1.807) is 17.1 Å². The Kier molecular flexibility index (Phi) is 2.24. The maximum absolute atomic E-state index is 5.42. The standard InChI is InChI=1S/C9H11N5/c1-7-2-3-14(13-7)9-6-11-8(4-10)5-12-9/h2-3,5-6H,4,10H2,1H3. The van der Waals surface area contributed by atoms with E-state index < -0.39 is 0 Å². The average Bonchev–Trinajstić information content (AvgIpc) is 2.65. The molecule has 0 saturated heterocycles. The van der Waals surface area contributed by atoms with E-state index in [2.05, 4.69) is 15.1 Å². The first-order valence-corrected chi connectivity index (χ1v) is 4.33. The average molecular weight is 189 g/mol. The number of aryl methyl sites for hydroxylation is 1. The van der Waals surface area contributed by atoms with Crippen molar-refractivity contribution in [3.8, 4) is 5.82 Å². The quantitative estimate of drug-likeness (QED) is 0.743. The lowest BCUT2D eigenvalue weighted by Crippen LogP contribution is -2.04. The zero-order chi connectivity index (χ0) is 9.97. The highest BCUT2D eigenvalue weighted by atomic mass is 15.3. The zero-order valence-corrected chi connectivity index (χ0v) is 7.88. The van der Waals surface area contributed by atoms with Crippen molar-refractivity contribution in [1.82, 2.24) is 19.7 Å². The van der Waals surface area contributed by atoms with Gasteiger partial charge in [-0.05, 0) is 13.0 Å². The summed E-state index contributed by atoms with van der Waals surface area (Å²) in [5.74, 6) is 0.704. The minimum Gasteiger partial charge on any atom is -0.325 e. The molecule has 0 saturated carbocycles. The van der Waals surface area contributed by atoms with Gasteiger partial charge in [0.15, 0.2) is 5.82 Å². The van der Waals surface area contributed by atoms with Crippen LogP contribution < -0.4 is 5.73 Å². The molecule has 0 atom stereocenters. The second kappa shape index (κ2) is 3.55. The van der Waals surface area contributed by atoms with Crippen LogP contribution >= 0.6 is 0 Å². The SMILES string of the molecule is Cc1ccn(-c2cnc(CN)cn2)n1. The monoisotopic (exact) mass is 189 g/mol. The highest BCUT2D eigenvalue weighted by molar-refractivity contribution is 5.18. The van der Waals surface area contributed by atoms with Crippen LogP contribution in [0.1, 0.15) is 11.4 Å². The lowest BCUT2D eigenvalue weighted by atomic mass is 10.4. The van der Waals surface area contributed by atoms with Crippen LogP contribution in [0.5, 0.6) is 0 Å². The van der Waals surface area contributed by atoms with Crippen molar-refractivity contribution in [3.05, 3.63) is 36.0 Å². The molecule has 0 aliphatic rings. The van der Waals surface area contributed by atoms with E-state index in [0.717, 1.165) is 11.4 Å². The van der Waals surface area contributed by atoms with Crippen molar-refractivity contribution < 1.29 is 0 Å². The topological polar surface area (TPSA) is 69.6 Å². The first-order chi connectivity index (χ1) is 6.79. The lowest BCUT2D eigenvalue weighted by Gasteiger charge is -2.00. The fraction of sp³-hybridized carbons (Fsp3) is 0.222. The Labute approximate surface area is 81.6 Å². The number of rotatable bonds is 2. The summed E-state index contributed by atoms with van der Waals surface area (Å²) >= 11 is 0. The molecule has 0 aliphatic carbocycles. The smallest absolute Gasteiger partial charge is 0.171 e. The molecule has 2 aromatic heterocycles. The summed E-state index contributed by atoms with van der Waals surface area (Å²) in [5, 5.41) is 4.22. The van der Waals surface area contributed by atoms with Crippen molar-refractivity contribution >= 4 is 0 Å². The summed E-state index contributed by atoms with van der Waals surface area (Å²) in [6, 6.07) is 1.92. The van der Waals surface area contributed by atoms with Crippen molar-refractivity contribution in [2.45, 2.75) is 13.5 Å². The van der Waals surface area contributed by atoms with E-state index in [1.807, 2.05) is 19.2 Å². The minimum absolute atomic E-state index is 0.408. The highest BCUT2D eigenvalue weighted by Crippen LogP contribution is 2.02. The molecular formula is C9H11N5. The van der Waals surface area contributed by atoms with Crippen LogP contribution in [0, 0.1) is 6.92 Å². The Bertz CT molecular complexity index is 417. The van der Waals surface area contributed by atoms with Crippen LogP contribution in [-0.2, 0) is 6.54 Å². The third-order valence-corrected chi connectivity index (χ3v) is 1.86. The van der Waals surface area contributed by atoms with Gasteiger partial charge in [-0.3, -0.25) is 4.98 Å². The van der Waals surface area contributed by atoms with Crippen LogP contribution in [0.15, 0.2) is 24.7 Å². The van der Waals surface area contributed by atoms with E-state index in [0.29, 0.717) is 12.4 Å². The number of nitrogens with two attached hydrogens (primary N) is 1. The molecule has 5 heteroatoms. The maximum Gasteiger partial charge on any atom is 0.171 e. The highest BCUT2D eigenvalue weighted by Gasteiger charge is 1.99. The molecule has 2 rings (SSSR count).